The fourth-order valence-electron chi connectivity index (χ4n) is 3.35. The standard InChI is InChI=1S/C22H17ClN2O7S/c23-16-8-7-15(22(28)32-13-20(26)24-21(27)18-6-3-11-31-18)12-19(16)33(29,30)25-10-9-14-4-1-2-5-17(14)25/h1-8,11-12H,9-10,13H2,(H,24,26,27). The van der Waals surface area contributed by atoms with E-state index in [1.54, 1.807) is 12.1 Å². The highest BCUT2D eigenvalue weighted by molar-refractivity contribution is 7.93. The van der Waals surface area contributed by atoms with Crippen molar-refractivity contribution in [3.05, 3.63) is 82.8 Å². The van der Waals surface area contributed by atoms with Crippen LogP contribution in [0.25, 0.3) is 0 Å². The number of anilines is 1. The molecule has 2 aromatic carbocycles. The highest BCUT2D eigenvalue weighted by Gasteiger charge is 2.32. The molecule has 3 aromatic rings. The summed E-state index contributed by atoms with van der Waals surface area (Å²) in [6.45, 7) is -0.508. The number of hydrogen-bond donors (Lipinski definition) is 1. The van der Waals surface area contributed by atoms with E-state index in [1.165, 1.54) is 34.8 Å². The predicted molar refractivity (Wildman–Crippen MR) is 118 cm³/mol. The summed E-state index contributed by atoms with van der Waals surface area (Å²) in [6.07, 6.45) is 1.83. The van der Waals surface area contributed by atoms with Gasteiger partial charge in [0.25, 0.3) is 21.8 Å². The molecule has 0 aliphatic carbocycles. The van der Waals surface area contributed by atoms with Gasteiger partial charge in [-0.3, -0.25) is 19.2 Å². The van der Waals surface area contributed by atoms with Crippen LogP contribution in [0.4, 0.5) is 5.69 Å². The van der Waals surface area contributed by atoms with Gasteiger partial charge in [-0.2, -0.15) is 0 Å². The summed E-state index contributed by atoms with van der Waals surface area (Å²) in [4.78, 5) is 35.8. The lowest BCUT2D eigenvalue weighted by Gasteiger charge is -2.20. The summed E-state index contributed by atoms with van der Waals surface area (Å²) in [5.74, 6) is -2.69. The zero-order valence-electron chi connectivity index (χ0n) is 17.0. The molecule has 0 bridgehead atoms. The summed E-state index contributed by atoms with van der Waals surface area (Å²) in [5, 5.41) is 1.95. The highest BCUT2D eigenvalue weighted by Crippen LogP contribution is 2.35. The summed E-state index contributed by atoms with van der Waals surface area (Å²) in [7, 11) is -4.05. The molecule has 1 aliphatic heterocycles. The smallest absolute Gasteiger partial charge is 0.338 e. The number of fused-ring (bicyclic) bond motifs is 1. The quantitative estimate of drug-likeness (QED) is 0.529. The number of carbonyl (C=O) groups is 3. The topological polar surface area (TPSA) is 123 Å². The molecule has 0 saturated carbocycles. The first-order chi connectivity index (χ1) is 15.8. The minimum atomic E-state index is -4.05. The molecular weight excluding hydrogens is 472 g/mol. The summed E-state index contributed by atoms with van der Waals surface area (Å²) >= 11 is 6.16. The number of nitrogens with zero attached hydrogens (tertiary/aromatic N) is 1. The van der Waals surface area contributed by atoms with Crippen LogP contribution >= 0.6 is 11.6 Å². The Balaban J connectivity index is 1.47. The Morgan fingerprint density at radius 2 is 1.88 bits per heavy atom. The Morgan fingerprint density at radius 3 is 2.64 bits per heavy atom. The van der Waals surface area contributed by atoms with Crippen molar-refractivity contribution in [3.8, 4) is 0 Å². The molecule has 0 spiro atoms. The van der Waals surface area contributed by atoms with Crippen molar-refractivity contribution in [2.24, 2.45) is 0 Å². The number of rotatable bonds is 6. The summed E-state index contributed by atoms with van der Waals surface area (Å²) in [5.41, 5.74) is 1.33. The summed E-state index contributed by atoms with van der Waals surface area (Å²) < 4.78 is 37.6. The summed E-state index contributed by atoms with van der Waals surface area (Å²) in [6, 6.07) is 13.6. The third kappa shape index (κ3) is 4.62. The average molecular weight is 489 g/mol. The first-order valence-electron chi connectivity index (χ1n) is 9.72. The van der Waals surface area contributed by atoms with Crippen LogP contribution in [-0.4, -0.2) is 39.4 Å². The lowest BCUT2D eigenvalue weighted by atomic mass is 10.2. The maximum atomic E-state index is 13.3. The lowest BCUT2D eigenvalue weighted by Crippen LogP contribution is -2.34. The number of amides is 2. The number of para-hydroxylation sites is 1. The van der Waals surface area contributed by atoms with Gasteiger partial charge in [0, 0.05) is 6.54 Å². The van der Waals surface area contributed by atoms with E-state index in [1.807, 2.05) is 17.4 Å². The van der Waals surface area contributed by atoms with Crippen LogP contribution in [0.2, 0.25) is 5.02 Å². The van der Waals surface area contributed by atoms with E-state index in [9.17, 15) is 22.8 Å². The number of hydrogen-bond acceptors (Lipinski definition) is 7. The second-order valence-corrected chi connectivity index (χ2v) is 9.27. The maximum Gasteiger partial charge on any atom is 0.338 e. The van der Waals surface area contributed by atoms with Crippen molar-refractivity contribution in [3.63, 3.8) is 0 Å². The molecule has 0 unspecified atom stereocenters. The fraction of sp³-hybridized carbons (Fsp3) is 0.136. The maximum absolute atomic E-state index is 13.3. The van der Waals surface area contributed by atoms with Crippen LogP contribution in [0.3, 0.4) is 0 Å². The van der Waals surface area contributed by atoms with Gasteiger partial charge in [0.2, 0.25) is 0 Å². The SMILES string of the molecule is O=C(COC(=O)c1ccc(Cl)c(S(=O)(=O)N2CCc3ccccc32)c1)NC(=O)c1ccco1. The molecule has 1 N–H and O–H groups in total. The van der Waals surface area contributed by atoms with Crippen LogP contribution in [0.15, 0.2) is 70.2 Å². The number of furan rings is 1. The number of imide groups is 1. The van der Waals surface area contributed by atoms with Crippen LogP contribution in [0.1, 0.15) is 26.5 Å². The van der Waals surface area contributed by atoms with Crippen LogP contribution in [-0.2, 0) is 26.0 Å². The van der Waals surface area contributed by atoms with Crippen LogP contribution in [0.5, 0.6) is 0 Å². The molecule has 1 aliphatic rings. The van der Waals surface area contributed by atoms with Gasteiger partial charge in [-0.05, 0) is 48.4 Å². The largest absolute Gasteiger partial charge is 0.459 e. The lowest BCUT2D eigenvalue weighted by molar-refractivity contribution is -0.123. The molecule has 33 heavy (non-hydrogen) atoms. The Labute approximate surface area is 193 Å². The predicted octanol–water partition coefficient (Wildman–Crippen LogP) is 2.80. The van der Waals surface area contributed by atoms with Gasteiger partial charge in [0.1, 0.15) is 4.90 Å². The van der Waals surface area contributed by atoms with E-state index in [2.05, 4.69) is 0 Å². The minimum Gasteiger partial charge on any atom is -0.459 e. The van der Waals surface area contributed by atoms with Gasteiger partial charge in [0.05, 0.1) is 22.5 Å². The molecule has 4 rings (SSSR count). The Hall–Kier alpha value is -3.63. The molecule has 11 heteroatoms. The average Bonchev–Trinajstić information content (AvgIpc) is 3.48. The van der Waals surface area contributed by atoms with E-state index in [0.717, 1.165) is 11.6 Å². The Bertz CT molecular complexity index is 1340. The molecule has 1 aromatic heterocycles. The Morgan fingerprint density at radius 1 is 1.09 bits per heavy atom. The first kappa shape index (κ1) is 22.6. The molecule has 0 atom stereocenters. The van der Waals surface area contributed by atoms with Crippen molar-refractivity contribution in [2.75, 3.05) is 17.5 Å². The van der Waals surface area contributed by atoms with Crippen molar-refractivity contribution in [1.82, 2.24) is 5.32 Å². The second-order valence-electron chi connectivity index (χ2n) is 7.03. The van der Waals surface area contributed by atoms with Crippen molar-refractivity contribution >= 4 is 45.1 Å². The Kier molecular flexibility index (Phi) is 6.21. The number of sulfonamides is 1. The van der Waals surface area contributed by atoms with Crippen molar-refractivity contribution < 1.29 is 32.0 Å². The minimum absolute atomic E-state index is 0.0577. The van der Waals surface area contributed by atoms with Gasteiger partial charge < -0.3 is 9.15 Å². The van der Waals surface area contributed by atoms with Gasteiger partial charge in [-0.15, -0.1) is 0 Å². The third-order valence-electron chi connectivity index (χ3n) is 4.91. The van der Waals surface area contributed by atoms with Crippen molar-refractivity contribution in [2.45, 2.75) is 11.3 Å². The monoisotopic (exact) mass is 488 g/mol. The van der Waals surface area contributed by atoms with Crippen LogP contribution in [0, 0.1) is 0 Å². The molecule has 2 amide bonds. The molecule has 0 fully saturated rings. The number of ether oxygens (including phenoxy) is 1. The number of benzene rings is 2. The molecule has 170 valence electrons. The van der Waals surface area contributed by atoms with Crippen molar-refractivity contribution in [1.29, 1.82) is 0 Å². The second kappa shape index (κ2) is 9.08. The molecule has 0 radical (unpaired) electrons. The molecule has 9 nitrogen and oxygen atoms in total. The van der Waals surface area contributed by atoms with E-state index >= 15 is 0 Å². The van der Waals surface area contributed by atoms with E-state index in [-0.39, 0.29) is 27.8 Å². The van der Waals surface area contributed by atoms with Gasteiger partial charge >= 0.3 is 5.97 Å². The van der Waals surface area contributed by atoms with Gasteiger partial charge in [-0.25, -0.2) is 13.2 Å². The zero-order valence-corrected chi connectivity index (χ0v) is 18.6. The van der Waals surface area contributed by atoms with E-state index < -0.39 is 34.4 Å². The van der Waals surface area contributed by atoms with Crippen LogP contribution < -0.4 is 9.62 Å². The van der Waals surface area contributed by atoms with E-state index in [0.29, 0.717) is 12.1 Å². The van der Waals surface area contributed by atoms with Gasteiger partial charge in [0.15, 0.2) is 12.4 Å². The zero-order chi connectivity index (χ0) is 23.6. The van der Waals surface area contributed by atoms with Gasteiger partial charge in [-0.1, -0.05) is 29.8 Å². The number of nitrogens with one attached hydrogen (secondary N) is 1. The highest BCUT2D eigenvalue weighted by atomic mass is 35.5. The fourth-order valence-corrected chi connectivity index (χ4v) is 5.36. The number of carbonyl (C=O) groups excluding carboxylic acids is 3. The number of esters is 1. The normalized spacial score (nSPS) is 12.8. The van der Waals surface area contributed by atoms with E-state index in [4.69, 9.17) is 20.8 Å². The third-order valence-corrected chi connectivity index (χ3v) is 7.21. The number of halogens is 1. The first-order valence-corrected chi connectivity index (χ1v) is 11.5. The molecule has 2 heterocycles. The molecule has 0 saturated heterocycles. The molecular formula is C22H17ClN2O7S.